The van der Waals surface area contributed by atoms with E-state index in [4.69, 9.17) is 0 Å². The van der Waals surface area contributed by atoms with Gasteiger partial charge in [-0.2, -0.15) is 0 Å². The van der Waals surface area contributed by atoms with E-state index in [0.29, 0.717) is 11.2 Å². The number of nitrogens with zero attached hydrogens (tertiary/aromatic N) is 3. The summed E-state index contributed by atoms with van der Waals surface area (Å²) < 4.78 is 4.73. The van der Waals surface area contributed by atoms with Crippen LogP contribution < -0.4 is 5.56 Å². The molecule has 25 heavy (non-hydrogen) atoms. The number of benzene rings is 2. The highest BCUT2D eigenvalue weighted by Gasteiger charge is 2.08. The summed E-state index contributed by atoms with van der Waals surface area (Å²) in [4.78, 5) is 17.3. The molecule has 0 spiro atoms. The quantitative estimate of drug-likeness (QED) is 0.438. The second-order valence-electron chi connectivity index (χ2n) is 6.04. The lowest BCUT2D eigenvalue weighted by Gasteiger charge is -2.06. The highest BCUT2D eigenvalue weighted by Crippen LogP contribution is 2.22. The molecule has 0 bridgehead atoms. The van der Waals surface area contributed by atoms with Crippen molar-refractivity contribution in [3.8, 4) is 0 Å². The molecule has 2 heterocycles. The summed E-state index contributed by atoms with van der Waals surface area (Å²) in [6.07, 6.45) is 6.01. The minimum atomic E-state index is -0.0268. The highest BCUT2D eigenvalue weighted by molar-refractivity contribution is 14.1. The predicted octanol–water partition coefficient (Wildman–Crippen LogP) is 4.20. The van der Waals surface area contributed by atoms with Crippen molar-refractivity contribution in [2.24, 2.45) is 14.1 Å². The van der Waals surface area contributed by atoms with E-state index in [1.54, 1.807) is 11.6 Å². The van der Waals surface area contributed by atoms with Crippen molar-refractivity contribution in [2.45, 2.75) is 0 Å². The smallest absolute Gasteiger partial charge is 0.261 e. The van der Waals surface area contributed by atoms with Crippen LogP contribution in [0.4, 0.5) is 0 Å². The average Bonchev–Trinajstić information content (AvgIpc) is 2.94. The monoisotopic (exact) mass is 441 g/mol. The van der Waals surface area contributed by atoms with Crippen molar-refractivity contribution in [1.29, 1.82) is 0 Å². The summed E-state index contributed by atoms with van der Waals surface area (Å²) in [7, 11) is 3.79. The van der Waals surface area contributed by atoms with Crippen molar-refractivity contribution < 1.29 is 0 Å². The summed E-state index contributed by atoms with van der Waals surface area (Å²) in [5.41, 5.74) is 2.98. The predicted molar refractivity (Wildman–Crippen MR) is 112 cm³/mol. The molecule has 4 nitrogen and oxygen atoms in total. The molecule has 4 rings (SSSR count). The normalized spacial score (nSPS) is 11.8. The third-order valence-corrected chi connectivity index (χ3v) is 5.08. The van der Waals surface area contributed by atoms with Crippen LogP contribution >= 0.6 is 22.6 Å². The number of rotatable bonds is 2. The molecule has 0 fully saturated rings. The Balaban J connectivity index is 1.85. The van der Waals surface area contributed by atoms with Gasteiger partial charge in [-0.15, -0.1) is 0 Å². The Labute approximate surface area is 158 Å². The molecule has 0 atom stereocenters. The summed E-state index contributed by atoms with van der Waals surface area (Å²) in [5, 5.41) is 1.83. The summed E-state index contributed by atoms with van der Waals surface area (Å²) >= 11 is 2.21. The molecule has 0 N–H and O–H groups in total. The van der Waals surface area contributed by atoms with Gasteiger partial charge in [0.25, 0.3) is 5.56 Å². The van der Waals surface area contributed by atoms with Gasteiger partial charge in [0, 0.05) is 40.3 Å². The Morgan fingerprint density at radius 2 is 1.84 bits per heavy atom. The fourth-order valence-corrected chi connectivity index (χ4v) is 3.57. The number of aryl methyl sites for hydroxylation is 1. The molecule has 2 aromatic carbocycles. The van der Waals surface area contributed by atoms with Crippen LogP contribution in [0.15, 0.2) is 53.5 Å². The zero-order valence-electron chi connectivity index (χ0n) is 13.9. The van der Waals surface area contributed by atoms with Crippen LogP contribution in [0, 0.1) is 3.57 Å². The molecule has 0 unspecified atom stereocenters. The van der Waals surface area contributed by atoms with Gasteiger partial charge in [0.2, 0.25) is 0 Å². The van der Waals surface area contributed by atoms with Gasteiger partial charge < -0.3 is 4.57 Å². The lowest BCUT2D eigenvalue weighted by Crippen LogP contribution is -2.20. The second kappa shape index (κ2) is 6.15. The zero-order valence-corrected chi connectivity index (χ0v) is 16.1. The number of para-hydroxylation sites is 1. The van der Waals surface area contributed by atoms with Crippen molar-refractivity contribution in [3.05, 3.63) is 74.0 Å². The van der Waals surface area contributed by atoms with E-state index in [0.717, 1.165) is 14.7 Å². The largest absolute Gasteiger partial charge is 0.350 e. The molecule has 0 saturated heterocycles. The van der Waals surface area contributed by atoms with Gasteiger partial charge in [0.1, 0.15) is 5.82 Å². The summed E-state index contributed by atoms with van der Waals surface area (Å²) in [6, 6.07) is 14.0. The summed E-state index contributed by atoms with van der Waals surface area (Å²) in [5.74, 6) is 0.645. The number of aromatic nitrogens is 3. The molecule has 124 valence electrons. The Morgan fingerprint density at radius 3 is 2.68 bits per heavy atom. The van der Waals surface area contributed by atoms with Gasteiger partial charge in [-0.05, 0) is 59.0 Å². The lowest BCUT2D eigenvalue weighted by atomic mass is 10.1. The number of hydrogen-bond donors (Lipinski definition) is 0. The van der Waals surface area contributed by atoms with Crippen molar-refractivity contribution in [3.63, 3.8) is 0 Å². The highest BCUT2D eigenvalue weighted by atomic mass is 127. The van der Waals surface area contributed by atoms with Crippen molar-refractivity contribution in [2.75, 3.05) is 0 Å². The Kier molecular flexibility index (Phi) is 3.95. The SMILES string of the molecule is Cn1c(/C=C/c2cn(C)c3ccccc23)nc2ccc(I)cc2c1=O. The first kappa shape index (κ1) is 16.1. The molecule has 0 amide bonds. The summed E-state index contributed by atoms with van der Waals surface area (Å²) in [6.45, 7) is 0. The first-order valence-electron chi connectivity index (χ1n) is 7.93. The zero-order chi connectivity index (χ0) is 17.6. The maximum absolute atomic E-state index is 12.6. The maximum atomic E-state index is 12.6. The van der Waals surface area contributed by atoms with Gasteiger partial charge in [0.15, 0.2) is 0 Å². The Hall–Kier alpha value is -2.41. The molecule has 0 aliphatic heterocycles. The van der Waals surface area contributed by atoms with Crippen LogP contribution in [-0.4, -0.2) is 14.1 Å². The molecular formula is C20H16IN3O. The van der Waals surface area contributed by atoms with E-state index in [9.17, 15) is 4.79 Å². The standard InChI is InChI=1S/C20H16IN3O/c1-23-12-13(15-5-3-4-6-18(15)23)7-10-19-22-17-9-8-14(21)11-16(17)20(25)24(19)2/h3-12H,1-2H3/b10-7+. The molecule has 4 aromatic rings. The third-order valence-electron chi connectivity index (χ3n) is 4.41. The van der Waals surface area contributed by atoms with Gasteiger partial charge in [0.05, 0.1) is 10.9 Å². The molecule has 0 saturated carbocycles. The average molecular weight is 441 g/mol. The first-order valence-corrected chi connectivity index (χ1v) is 9.01. The first-order chi connectivity index (χ1) is 12.0. The lowest BCUT2D eigenvalue weighted by molar-refractivity contribution is 0.828. The van der Waals surface area contributed by atoms with Gasteiger partial charge in [-0.25, -0.2) is 4.98 Å². The van der Waals surface area contributed by atoms with E-state index >= 15 is 0 Å². The van der Waals surface area contributed by atoms with Gasteiger partial charge in [-0.3, -0.25) is 9.36 Å². The maximum Gasteiger partial charge on any atom is 0.261 e. The van der Waals surface area contributed by atoms with Crippen LogP contribution in [0.3, 0.4) is 0 Å². The van der Waals surface area contributed by atoms with Gasteiger partial charge >= 0.3 is 0 Å². The molecule has 5 heteroatoms. The Morgan fingerprint density at radius 1 is 1.04 bits per heavy atom. The fraction of sp³-hybridized carbons (Fsp3) is 0.100. The van der Waals surface area contributed by atoms with Crippen LogP contribution in [0.5, 0.6) is 0 Å². The third kappa shape index (κ3) is 2.78. The molecule has 0 aliphatic carbocycles. The molecule has 0 radical (unpaired) electrons. The number of fused-ring (bicyclic) bond motifs is 2. The van der Waals surface area contributed by atoms with E-state index in [1.807, 2.05) is 49.5 Å². The van der Waals surface area contributed by atoms with E-state index in [-0.39, 0.29) is 5.56 Å². The van der Waals surface area contributed by atoms with Crippen molar-refractivity contribution >= 4 is 56.5 Å². The van der Waals surface area contributed by atoms with Gasteiger partial charge in [-0.1, -0.05) is 18.2 Å². The Bertz CT molecular complexity index is 1200. The fourth-order valence-electron chi connectivity index (χ4n) is 3.08. The molecule has 0 aliphatic rings. The van der Waals surface area contributed by atoms with E-state index in [1.165, 1.54) is 10.9 Å². The minimum Gasteiger partial charge on any atom is -0.350 e. The molecule has 2 aromatic heterocycles. The molecular weight excluding hydrogens is 425 g/mol. The van der Waals surface area contributed by atoms with E-state index < -0.39 is 0 Å². The van der Waals surface area contributed by atoms with E-state index in [2.05, 4.69) is 50.5 Å². The number of hydrogen-bond acceptors (Lipinski definition) is 2. The van der Waals surface area contributed by atoms with Crippen LogP contribution in [-0.2, 0) is 14.1 Å². The topological polar surface area (TPSA) is 39.8 Å². The van der Waals surface area contributed by atoms with Crippen LogP contribution in [0.1, 0.15) is 11.4 Å². The van der Waals surface area contributed by atoms with Crippen LogP contribution in [0.2, 0.25) is 0 Å². The van der Waals surface area contributed by atoms with Crippen LogP contribution in [0.25, 0.3) is 34.0 Å². The van der Waals surface area contributed by atoms with Crippen molar-refractivity contribution in [1.82, 2.24) is 14.1 Å². The number of halogens is 1. The second-order valence-corrected chi connectivity index (χ2v) is 7.29. The minimum absolute atomic E-state index is 0.0268.